The van der Waals surface area contributed by atoms with E-state index < -0.39 is 29.6 Å². The molecule has 2 saturated heterocycles. The molecule has 1 aliphatic carbocycles. The highest BCUT2D eigenvalue weighted by Gasteiger charge is 2.72. The summed E-state index contributed by atoms with van der Waals surface area (Å²) in [7, 11) is 0. The van der Waals surface area contributed by atoms with Crippen LogP contribution in [-0.4, -0.2) is 53.0 Å². The lowest BCUT2D eigenvalue weighted by Gasteiger charge is -2.34. The predicted molar refractivity (Wildman–Crippen MR) is 139 cm³/mol. The number of carbonyl (C=O) groups excluding carboxylic acids is 3. The van der Waals surface area contributed by atoms with Crippen molar-refractivity contribution in [3.63, 3.8) is 0 Å². The van der Waals surface area contributed by atoms with Crippen LogP contribution in [0.4, 0.5) is 5.69 Å². The van der Waals surface area contributed by atoms with Crippen LogP contribution in [0.5, 0.6) is 0 Å². The Morgan fingerprint density at radius 1 is 1.19 bits per heavy atom. The Labute approximate surface area is 218 Å². The van der Waals surface area contributed by atoms with Crippen LogP contribution in [-0.2, 0) is 19.1 Å². The molecule has 3 aliphatic heterocycles. The molecule has 1 spiro atoms. The SMILES string of the molecule is Cc1ccc(NC(=O)[C@@H]2[C@@H]3C=C[C@]4(O3)[C@@H]2C(=O)N(CCC(C)C)[C@@H]4C(=O)NC2CCCCC2)cc1Cl. The highest BCUT2D eigenvalue weighted by molar-refractivity contribution is 6.31. The zero-order chi connectivity index (χ0) is 25.6. The van der Waals surface area contributed by atoms with Crippen LogP contribution in [0.2, 0.25) is 5.02 Å². The molecule has 194 valence electrons. The normalized spacial score (nSPS) is 31.2. The van der Waals surface area contributed by atoms with Gasteiger partial charge in [-0.25, -0.2) is 0 Å². The molecule has 1 aromatic carbocycles. The third kappa shape index (κ3) is 4.34. The lowest BCUT2D eigenvalue weighted by molar-refractivity contribution is -0.141. The van der Waals surface area contributed by atoms with E-state index in [-0.39, 0.29) is 23.8 Å². The van der Waals surface area contributed by atoms with Gasteiger partial charge in [0.1, 0.15) is 11.6 Å². The minimum atomic E-state index is -1.12. The third-order valence-corrected chi connectivity index (χ3v) is 8.67. The lowest BCUT2D eigenvalue weighted by Crippen LogP contribution is -2.56. The van der Waals surface area contributed by atoms with Crippen LogP contribution >= 0.6 is 11.6 Å². The first-order chi connectivity index (χ1) is 17.2. The number of likely N-dealkylation sites (tertiary alicyclic amines) is 1. The van der Waals surface area contributed by atoms with Crippen molar-refractivity contribution >= 4 is 35.0 Å². The number of nitrogens with zero attached hydrogens (tertiary/aromatic N) is 1. The number of halogens is 1. The Bertz CT molecular complexity index is 1080. The van der Waals surface area contributed by atoms with E-state index in [1.165, 1.54) is 6.42 Å². The number of aryl methyl sites for hydroxylation is 1. The van der Waals surface area contributed by atoms with Crippen LogP contribution in [0.25, 0.3) is 0 Å². The zero-order valence-corrected chi connectivity index (χ0v) is 22.0. The molecule has 2 N–H and O–H groups in total. The van der Waals surface area contributed by atoms with Crippen molar-refractivity contribution in [2.24, 2.45) is 17.8 Å². The Hall–Kier alpha value is -2.38. The predicted octanol–water partition coefficient (Wildman–Crippen LogP) is 4.23. The van der Waals surface area contributed by atoms with Crippen molar-refractivity contribution in [1.29, 1.82) is 0 Å². The summed E-state index contributed by atoms with van der Waals surface area (Å²) in [5, 5.41) is 6.72. The molecule has 3 fully saturated rings. The maximum absolute atomic E-state index is 13.9. The minimum Gasteiger partial charge on any atom is -0.359 e. The van der Waals surface area contributed by atoms with Gasteiger partial charge in [0.2, 0.25) is 17.7 Å². The summed E-state index contributed by atoms with van der Waals surface area (Å²) in [6.45, 7) is 6.55. The molecule has 4 aliphatic rings. The van der Waals surface area contributed by atoms with E-state index in [0.29, 0.717) is 23.2 Å². The van der Waals surface area contributed by atoms with Crippen molar-refractivity contribution in [3.05, 3.63) is 40.9 Å². The minimum absolute atomic E-state index is 0.122. The quantitative estimate of drug-likeness (QED) is 0.534. The fourth-order valence-corrected chi connectivity index (χ4v) is 6.51. The first-order valence-corrected chi connectivity index (χ1v) is 13.6. The van der Waals surface area contributed by atoms with Crippen LogP contribution in [0.3, 0.4) is 0 Å². The van der Waals surface area contributed by atoms with Crippen molar-refractivity contribution in [1.82, 2.24) is 10.2 Å². The van der Waals surface area contributed by atoms with E-state index in [2.05, 4.69) is 24.5 Å². The molecule has 5 rings (SSSR count). The van der Waals surface area contributed by atoms with Crippen molar-refractivity contribution in [2.75, 3.05) is 11.9 Å². The van der Waals surface area contributed by atoms with E-state index in [1.54, 1.807) is 17.0 Å². The first kappa shape index (κ1) is 25.3. The molecule has 8 heteroatoms. The average Bonchev–Trinajstić information content (AvgIpc) is 3.48. The molecule has 2 bridgehead atoms. The van der Waals surface area contributed by atoms with Gasteiger partial charge < -0.3 is 20.3 Å². The number of anilines is 1. The molecule has 0 radical (unpaired) electrons. The van der Waals surface area contributed by atoms with Gasteiger partial charge in [0.05, 0.1) is 17.9 Å². The number of benzene rings is 1. The smallest absolute Gasteiger partial charge is 0.246 e. The summed E-state index contributed by atoms with van der Waals surface area (Å²) in [5.74, 6) is -1.71. The van der Waals surface area contributed by atoms with Crippen molar-refractivity contribution in [3.8, 4) is 0 Å². The van der Waals surface area contributed by atoms with E-state index in [0.717, 1.165) is 37.7 Å². The average molecular weight is 514 g/mol. The topological polar surface area (TPSA) is 87.7 Å². The number of amides is 3. The Balaban J connectivity index is 1.42. The Kier molecular flexibility index (Phi) is 6.90. The molecule has 5 atom stereocenters. The van der Waals surface area contributed by atoms with Gasteiger partial charge in [-0.1, -0.05) is 62.9 Å². The van der Waals surface area contributed by atoms with Gasteiger partial charge in [0, 0.05) is 23.3 Å². The number of fused-ring (bicyclic) bond motifs is 1. The largest absolute Gasteiger partial charge is 0.359 e. The maximum Gasteiger partial charge on any atom is 0.246 e. The second kappa shape index (κ2) is 9.82. The Morgan fingerprint density at radius 3 is 2.64 bits per heavy atom. The van der Waals surface area contributed by atoms with E-state index in [1.807, 2.05) is 25.1 Å². The lowest BCUT2D eigenvalue weighted by atomic mass is 9.74. The number of carbonyl (C=O) groups is 3. The molecular weight excluding hydrogens is 478 g/mol. The van der Waals surface area contributed by atoms with Gasteiger partial charge in [-0.3, -0.25) is 14.4 Å². The molecule has 0 unspecified atom stereocenters. The fourth-order valence-electron chi connectivity index (χ4n) is 6.33. The molecule has 0 aromatic heterocycles. The summed E-state index contributed by atoms with van der Waals surface area (Å²) in [6, 6.07) is 4.70. The monoisotopic (exact) mass is 513 g/mol. The molecule has 7 nitrogen and oxygen atoms in total. The number of hydrogen-bond acceptors (Lipinski definition) is 4. The van der Waals surface area contributed by atoms with Crippen LogP contribution in [0.15, 0.2) is 30.4 Å². The zero-order valence-electron chi connectivity index (χ0n) is 21.3. The summed E-state index contributed by atoms with van der Waals surface area (Å²) < 4.78 is 6.41. The number of rotatable bonds is 7. The summed E-state index contributed by atoms with van der Waals surface area (Å²) in [6.07, 6.45) is 9.25. The standard InChI is InChI=1S/C28H36ClN3O4/c1-16(2)12-14-32-24(26(34)30-18-7-5-4-6-8-18)28-13-11-21(36-28)22(23(28)27(32)35)25(33)31-19-10-9-17(3)20(29)15-19/h9-11,13,15-16,18,21-24H,4-8,12,14H2,1-3H3,(H,30,34)(H,31,33)/t21-,22+,23-,24+,28-/m0/s1. The van der Waals surface area contributed by atoms with Gasteiger partial charge in [-0.05, 0) is 49.8 Å². The van der Waals surface area contributed by atoms with Gasteiger partial charge >= 0.3 is 0 Å². The molecule has 3 amide bonds. The second-order valence-corrected chi connectivity index (χ2v) is 11.6. The van der Waals surface area contributed by atoms with Crippen LogP contribution in [0, 0.1) is 24.7 Å². The van der Waals surface area contributed by atoms with Gasteiger partial charge in [0.25, 0.3) is 0 Å². The third-order valence-electron chi connectivity index (χ3n) is 8.26. The van der Waals surface area contributed by atoms with Gasteiger partial charge in [0.15, 0.2) is 0 Å². The van der Waals surface area contributed by atoms with Crippen molar-refractivity contribution in [2.45, 2.75) is 83.1 Å². The number of ether oxygens (including phenoxy) is 1. The maximum atomic E-state index is 13.9. The molecule has 36 heavy (non-hydrogen) atoms. The fraction of sp³-hybridized carbons (Fsp3) is 0.607. The number of nitrogens with one attached hydrogen (secondary N) is 2. The van der Waals surface area contributed by atoms with Crippen LogP contribution in [0.1, 0.15) is 57.9 Å². The molecule has 1 saturated carbocycles. The molecule has 1 aromatic rings. The van der Waals surface area contributed by atoms with Crippen LogP contribution < -0.4 is 10.6 Å². The van der Waals surface area contributed by atoms with E-state index in [4.69, 9.17) is 16.3 Å². The van der Waals surface area contributed by atoms with Gasteiger partial charge in [-0.15, -0.1) is 0 Å². The first-order valence-electron chi connectivity index (χ1n) is 13.3. The van der Waals surface area contributed by atoms with E-state index >= 15 is 0 Å². The summed E-state index contributed by atoms with van der Waals surface area (Å²) in [4.78, 5) is 42.8. The second-order valence-electron chi connectivity index (χ2n) is 11.2. The molecular formula is C28H36ClN3O4. The Morgan fingerprint density at radius 2 is 1.94 bits per heavy atom. The van der Waals surface area contributed by atoms with E-state index in [9.17, 15) is 14.4 Å². The van der Waals surface area contributed by atoms with Gasteiger partial charge in [-0.2, -0.15) is 0 Å². The molecule has 3 heterocycles. The highest BCUT2D eigenvalue weighted by atomic mass is 35.5. The van der Waals surface area contributed by atoms with Crippen molar-refractivity contribution < 1.29 is 19.1 Å². The highest BCUT2D eigenvalue weighted by Crippen LogP contribution is 2.55. The number of hydrogen-bond donors (Lipinski definition) is 2. The summed E-state index contributed by atoms with van der Waals surface area (Å²) >= 11 is 6.25. The summed E-state index contributed by atoms with van der Waals surface area (Å²) in [5.41, 5.74) is 0.369.